The monoisotopic (exact) mass is 267 g/mol. The van der Waals surface area contributed by atoms with Crippen molar-refractivity contribution >= 4 is 17.5 Å². The number of aromatic nitrogens is 2. The second-order valence-corrected chi connectivity index (χ2v) is 5.48. The Hall–Kier alpha value is -1.16. The van der Waals surface area contributed by atoms with Gasteiger partial charge in [0.1, 0.15) is 0 Å². The average molecular weight is 268 g/mol. The zero-order valence-electron chi connectivity index (χ0n) is 10.5. The lowest BCUT2D eigenvalue weighted by atomic mass is 9.82. The highest BCUT2D eigenvalue weighted by Gasteiger charge is 2.19. The van der Waals surface area contributed by atoms with E-state index in [1.54, 1.807) is 12.1 Å². The number of nitrogens with one attached hydrogen (secondary N) is 1. The normalized spacial score (nSPS) is 23.7. The van der Waals surface area contributed by atoms with Crippen LogP contribution >= 0.6 is 11.6 Å². The maximum Gasteiger partial charge on any atom is 0.271 e. The van der Waals surface area contributed by atoms with Gasteiger partial charge in [0.25, 0.3) is 5.91 Å². The smallest absolute Gasteiger partial charge is 0.271 e. The molecule has 0 aliphatic heterocycles. The summed E-state index contributed by atoms with van der Waals surface area (Å²) in [6.07, 6.45) is 4.99. The van der Waals surface area contributed by atoms with E-state index in [4.69, 9.17) is 11.6 Å². The molecule has 18 heavy (non-hydrogen) atoms. The van der Waals surface area contributed by atoms with E-state index in [1.807, 2.05) is 0 Å². The van der Waals surface area contributed by atoms with Crippen molar-refractivity contribution in [3.63, 3.8) is 0 Å². The van der Waals surface area contributed by atoms with Crippen LogP contribution in [0.2, 0.25) is 5.15 Å². The van der Waals surface area contributed by atoms with E-state index in [1.165, 1.54) is 25.7 Å². The molecule has 1 N–H and O–H groups in total. The van der Waals surface area contributed by atoms with Crippen LogP contribution in [0.25, 0.3) is 0 Å². The number of hydrogen-bond acceptors (Lipinski definition) is 3. The van der Waals surface area contributed by atoms with Crippen LogP contribution in [0.4, 0.5) is 0 Å². The first-order valence-corrected chi connectivity index (χ1v) is 6.80. The summed E-state index contributed by atoms with van der Waals surface area (Å²) in [6.45, 7) is 3.01. The van der Waals surface area contributed by atoms with E-state index in [0.29, 0.717) is 16.8 Å². The molecule has 2 rings (SSSR count). The molecule has 5 heteroatoms. The van der Waals surface area contributed by atoms with Crippen LogP contribution in [-0.4, -0.2) is 22.6 Å². The molecule has 1 amide bonds. The summed E-state index contributed by atoms with van der Waals surface area (Å²) in [6, 6.07) is 3.17. The molecule has 1 aromatic heterocycles. The van der Waals surface area contributed by atoms with Gasteiger partial charge in [-0.25, -0.2) is 0 Å². The van der Waals surface area contributed by atoms with E-state index in [0.717, 1.165) is 12.5 Å². The molecule has 1 aliphatic rings. The van der Waals surface area contributed by atoms with Crippen LogP contribution in [-0.2, 0) is 0 Å². The van der Waals surface area contributed by atoms with Crippen LogP contribution < -0.4 is 5.32 Å². The fourth-order valence-electron chi connectivity index (χ4n) is 2.51. The molecule has 2 unspecified atom stereocenters. The quantitative estimate of drug-likeness (QED) is 0.916. The molecule has 1 heterocycles. The number of halogens is 1. The Morgan fingerprint density at radius 3 is 2.94 bits per heavy atom. The van der Waals surface area contributed by atoms with Gasteiger partial charge in [-0.3, -0.25) is 4.79 Å². The lowest BCUT2D eigenvalue weighted by molar-refractivity contribution is 0.0934. The summed E-state index contributed by atoms with van der Waals surface area (Å²) in [4.78, 5) is 11.8. The number of nitrogens with zero attached hydrogens (tertiary/aromatic N) is 2. The molecule has 0 radical (unpaired) electrons. The Bertz CT molecular complexity index is 407. The highest BCUT2D eigenvalue weighted by atomic mass is 35.5. The molecule has 0 saturated heterocycles. The minimum absolute atomic E-state index is 0.169. The maximum absolute atomic E-state index is 11.8. The van der Waals surface area contributed by atoms with Gasteiger partial charge in [0.2, 0.25) is 0 Å². The summed E-state index contributed by atoms with van der Waals surface area (Å²) in [5.41, 5.74) is 0.322. The van der Waals surface area contributed by atoms with Crippen LogP contribution in [0.5, 0.6) is 0 Å². The molecule has 2 atom stereocenters. The van der Waals surface area contributed by atoms with E-state index < -0.39 is 0 Å². The molecule has 1 aromatic rings. The van der Waals surface area contributed by atoms with Crippen molar-refractivity contribution in [2.24, 2.45) is 11.8 Å². The Morgan fingerprint density at radius 1 is 1.44 bits per heavy atom. The molecule has 1 aliphatic carbocycles. The van der Waals surface area contributed by atoms with Crippen molar-refractivity contribution in [3.05, 3.63) is 23.0 Å². The van der Waals surface area contributed by atoms with Gasteiger partial charge in [-0.05, 0) is 36.8 Å². The zero-order valence-corrected chi connectivity index (χ0v) is 11.3. The second-order valence-electron chi connectivity index (χ2n) is 5.09. The zero-order chi connectivity index (χ0) is 13.0. The predicted octanol–water partition coefficient (Wildman–Crippen LogP) is 2.69. The molecular weight excluding hydrogens is 250 g/mol. The Kier molecular flexibility index (Phi) is 4.53. The average Bonchev–Trinajstić information content (AvgIpc) is 2.37. The first-order chi connectivity index (χ1) is 8.65. The van der Waals surface area contributed by atoms with Crippen molar-refractivity contribution in [1.82, 2.24) is 15.5 Å². The number of carbonyl (C=O) groups is 1. The highest BCUT2D eigenvalue weighted by molar-refractivity contribution is 6.29. The van der Waals surface area contributed by atoms with Crippen molar-refractivity contribution in [3.8, 4) is 0 Å². The number of amides is 1. The van der Waals surface area contributed by atoms with E-state index in [-0.39, 0.29) is 5.91 Å². The van der Waals surface area contributed by atoms with Crippen LogP contribution in [0.3, 0.4) is 0 Å². The van der Waals surface area contributed by atoms with Crippen molar-refractivity contribution in [2.75, 3.05) is 6.54 Å². The largest absolute Gasteiger partial charge is 0.350 e. The predicted molar refractivity (Wildman–Crippen MR) is 70.5 cm³/mol. The van der Waals surface area contributed by atoms with Gasteiger partial charge in [0, 0.05) is 6.54 Å². The third-order valence-corrected chi connectivity index (χ3v) is 3.66. The summed E-state index contributed by atoms with van der Waals surface area (Å²) in [5.74, 6) is 1.20. The maximum atomic E-state index is 11.8. The fourth-order valence-corrected chi connectivity index (χ4v) is 2.61. The fraction of sp³-hybridized carbons (Fsp3) is 0.615. The highest BCUT2D eigenvalue weighted by Crippen LogP contribution is 2.27. The Morgan fingerprint density at radius 2 is 2.28 bits per heavy atom. The summed E-state index contributed by atoms with van der Waals surface area (Å²) >= 11 is 5.63. The molecule has 98 valence electrons. The van der Waals surface area contributed by atoms with Gasteiger partial charge in [0.15, 0.2) is 10.8 Å². The van der Waals surface area contributed by atoms with Gasteiger partial charge in [-0.15, -0.1) is 10.2 Å². The van der Waals surface area contributed by atoms with Crippen molar-refractivity contribution < 1.29 is 4.79 Å². The van der Waals surface area contributed by atoms with E-state index in [2.05, 4.69) is 22.4 Å². The summed E-state index contributed by atoms with van der Waals surface area (Å²) in [7, 11) is 0. The third kappa shape index (κ3) is 3.67. The molecule has 0 aromatic carbocycles. The van der Waals surface area contributed by atoms with Crippen LogP contribution in [0.1, 0.15) is 43.1 Å². The lowest BCUT2D eigenvalue weighted by Crippen LogP contribution is -2.32. The van der Waals surface area contributed by atoms with Crippen molar-refractivity contribution in [2.45, 2.75) is 32.6 Å². The third-order valence-electron chi connectivity index (χ3n) is 3.46. The molecule has 1 fully saturated rings. The van der Waals surface area contributed by atoms with Gasteiger partial charge >= 0.3 is 0 Å². The summed E-state index contributed by atoms with van der Waals surface area (Å²) in [5, 5.41) is 10.6. The summed E-state index contributed by atoms with van der Waals surface area (Å²) < 4.78 is 0. The standard InChI is InChI=1S/C13H18ClN3O/c1-9-3-2-4-10(7-9)8-15-13(18)11-5-6-12(14)17-16-11/h5-6,9-10H,2-4,7-8H2,1H3,(H,15,18). The van der Waals surface area contributed by atoms with Crippen molar-refractivity contribution in [1.29, 1.82) is 0 Å². The van der Waals surface area contributed by atoms with Gasteiger partial charge < -0.3 is 5.32 Å². The minimum Gasteiger partial charge on any atom is -0.350 e. The van der Waals surface area contributed by atoms with Gasteiger partial charge in [-0.1, -0.05) is 31.4 Å². The SMILES string of the molecule is CC1CCCC(CNC(=O)c2ccc(Cl)nn2)C1. The van der Waals surface area contributed by atoms with Gasteiger partial charge in [-0.2, -0.15) is 0 Å². The van der Waals surface area contributed by atoms with E-state index >= 15 is 0 Å². The second kappa shape index (κ2) is 6.14. The number of carbonyl (C=O) groups excluding carboxylic acids is 1. The lowest BCUT2D eigenvalue weighted by Gasteiger charge is -2.26. The number of rotatable bonds is 3. The minimum atomic E-state index is -0.169. The molecular formula is C13H18ClN3O. The molecule has 0 bridgehead atoms. The van der Waals surface area contributed by atoms with E-state index in [9.17, 15) is 4.79 Å². The van der Waals surface area contributed by atoms with Gasteiger partial charge in [0.05, 0.1) is 0 Å². The van der Waals surface area contributed by atoms with Crippen LogP contribution in [0, 0.1) is 11.8 Å². The molecule has 0 spiro atoms. The first kappa shape index (κ1) is 13.3. The Balaban J connectivity index is 1.82. The number of hydrogen-bond donors (Lipinski definition) is 1. The molecule has 1 saturated carbocycles. The Labute approximate surface area is 112 Å². The topological polar surface area (TPSA) is 54.9 Å². The first-order valence-electron chi connectivity index (χ1n) is 6.42. The van der Waals surface area contributed by atoms with Crippen LogP contribution in [0.15, 0.2) is 12.1 Å². The molecule has 4 nitrogen and oxygen atoms in total.